The molecule has 1 N–H and O–H groups in total. The molecule has 0 fully saturated rings. The molecular weight excluding hydrogens is 264 g/mol. The van der Waals surface area contributed by atoms with Gasteiger partial charge in [0, 0.05) is 7.11 Å². The Morgan fingerprint density at radius 2 is 1.65 bits per heavy atom. The predicted molar refractivity (Wildman–Crippen MR) is 73.6 cm³/mol. The summed E-state index contributed by atoms with van der Waals surface area (Å²) in [6.45, 7) is 8.88. The number of ether oxygens (including phenoxy) is 3. The Labute approximate surface area is 120 Å². The van der Waals surface area contributed by atoms with Gasteiger partial charge in [-0.25, -0.2) is 0 Å². The Kier molecular flexibility index (Phi) is 7.51. The summed E-state index contributed by atoms with van der Waals surface area (Å²) in [5.74, 6) is 0. The van der Waals surface area contributed by atoms with E-state index in [2.05, 4.69) is 0 Å². The zero-order valence-electron chi connectivity index (χ0n) is 13.1. The normalized spacial score (nSPS) is 17.4. The van der Waals surface area contributed by atoms with E-state index in [4.69, 9.17) is 14.2 Å². The van der Waals surface area contributed by atoms with Gasteiger partial charge in [-0.05, 0) is 34.6 Å². The molecule has 6 nitrogen and oxygen atoms in total. The maximum atomic E-state index is 11.1. The molecule has 20 heavy (non-hydrogen) atoms. The third-order valence-electron chi connectivity index (χ3n) is 2.86. The summed E-state index contributed by atoms with van der Waals surface area (Å²) in [6, 6.07) is 0. The number of carbonyl (C=O) groups is 2. The van der Waals surface area contributed by atoms with Gasteiger partial charge in [-0.1, -0.05) is 0 Å². The lowest BCUT2D eigenvalue weighted by molar-refractivity contribution is -0.179. The van der Waals surface area contributed by atoms with Crippen molar-refractivity contribution in [3.05, 3.63) is 0 Å². The van der Waals surface area contributed by atoms with E-state index in [1.54, 1.807) is 13.8 Å². The largest absolute Gasteiger partial charge is 0.383 e. The van der Waals surface area contributed by atoms with E-state index in [-0.39, 0.29) is 6.61 Å². The molecular formula is C14H26O6. The number of hydrogen-bond donors (Lipinski definition) is 1. The van der Waals surface area contributed by atoms with Gasteiger partial charge in [0.25, 0.3) is 0 Å². The van der Waals surface area contributed by atoms with Gasteiger partial charge in [-0.3, -0.25) is 0 Å². The number of aldehydes is 2. The molecule has 0 spiro atoms. The van der Waals surface area contributed by atoms with Gasteiger partial charge in [0.05, 0.1) is 17.8 Å². The van der Waals surface area contributed by atoms with Crippen LogP contribution in [0, 0.1) is 0 Å². The average Bonchev–Trinajstić information content (AvgIpc) is 2.36. The first kappa shape index (κ1) is 19.2. The fourth-order valence-electron chi connectivity index (χ4n) is 1.30. The summed E-state index contributed by atoms with van der Waals surface area (Å²) >= 11 is 0. The molecule has 0 aromatic rings. The second kappa shape index (κ2) is 7.83. The van der Waals surface area contributed by atoms with Crippen LogP contribution in [0.3, 0.4) is 0 Å². The highest BCUT2D eigenvalue weighted by Crippen LogP contribution is 2.19. The third kappa shape index (κ3) is 6.56. The van der Waals surface area contributed by atoms with Crippen molar-refractivity contribution in [3.63, 3.8) is 0 Å². The minimum atomic E-state index is -1.37. The molecule has 0 aliphatic carbocycles. The Morgan fingerprint density at radius 3 is 2.00 bits per heavy atom. The molecule has 6 heteroatoms. The van der Waals surface area contributed by atoms with Crippen LogP contribution < -0.4 is 0 Å². The fourth-order valence-corrected chi connectivity index (χ4v) is 1.30. The van der Waals surface area contributed by atoms with Gasteiger partial charge in [0.2, 0.25) is 0 Å². The van der Waals surface area contributed by atoms with Crippen LogP contribution in [-0.4, -0.2) is 60.9 Å². The first-order chi connectivity index (χ1) is 9.07. The quantitative estimate of drug-likeness (QED) is 0.631. The van der Waals surface area contributed by atoms with Crippen LogP contribution >= 0.6 is 0 Å². The van der Waals surface area contributed by atoms with Crippen LogP contribution in [0.5, 0.6) is 0 Å². The van der Waals surface area contributed by atoms with Crippen LogP contribution in [0.4, 0.5) is 0 Å². The number of hydrogen-bond acceptors (Lipinski definition) is 6. The lowest BCUT2D eigenvalue weighted by Gasteiger charge is -2.33. The molecule has 0 bridgehead atoms. The van der Waals surface area contributed by atoms with Crippen molar-refractivity contribution < 1.29 is 28.9 Å². The maximum Gasteiger partial charge on any atom is 0.151 e. The van der Waals surface area contributed by atoms with Gasteiger partial charge in [0.15, 0.2) is 12.6 Å². The molecule has 0 aromatic heterocycles. The molecule has 2 unspecified atom stereocenters. The van der Waals surface area contributed by atoms with E-state index in [0.717, 1.165) is 0 Å². The minimum Gasteiger partial charge on any atom is -0.383 e. The van der Waals surface area contributed by atoms with E-state index >= 15 is 0 Å². The standard InChI is InChI=1S/C14H26O6/c1-13(2,3)19-9-11(10(17)7-15)20-12(8-16)14(4,5)18-6/h7-8,10-12,17H,9H2,1-6H3/t10-,11?,12?/m0/s1. The van der Waals surface area contributed by atoms with Crippen molar-refractivity contribution in [1.82, 2.24) is 0 Å². The average molecular weight is 290 g/mol. The van der Waals surface area contributed by atoms with Crippen molar-refractivity contribution in [2.24, 2.45) is 0 Å². The molecule has 0 heterocycles. The lowest BCUT2D eigenvalue weighted by Crippen LogP contribution is -2.48. The highest BCUT2D eigenvalue weighted by atomic mass is 16.6. The van der Waals surface area contributed by atoms with Gasteiger partial charge in [-0.15, -0.1) is 0 Å². The molecule has 118 valence electrons. The maximum absolute atomic E-state index is 11.1. The SMILES string of the molecule is COC(C)(C)C(C=O)OC(COC(C)(C)C)[C@@H](O)C=O. The molecule has 0 saturated carbocycles. The summed E-state index contributed by atoms with van der Waals surface area (Å²) in [4.78, 5) is 21.9. The van der Waals surface area contributed by atoms with Crippen LogP contribution in [0.25, 0.3) is 0 Å². The fraction of sp³-hybridized carbons (Fsp3) is 0.857. The van der Waals surface area contributed by atoms with Crippen molar-refractivity contribution in [2.45, 2.75) is 64.1 Å². The molecule has 3 atom stereocenters. The summed E-state index contributed by atoms with van der Waals surface area (Å²) in [6.07, 6.45) is -2.27. The second-order valence-corrected chi connectivity index (χ2v) is 6.09. The molecule has 0 radical (unpaired) electrons. The van der Waals surface area contributed by atoms with Crippen molar-refractivity contribution >= 4 is 12.6 Å². The first-order valence-corrected chi connectivity index (χ1v) is 6.50. The molecule has 0 rings (SSSR count). The van der Waals surface area contributed by atoms with E-state index in [1.165, 1.54) is 7.11 Å². The number of aliphatic hydroxyl groups is 1. The van der Waals surface area contributed by atoms with Crippen molar-refractivity contribution in [1.29, 1.82) is 0 Å². The number of aliphatic hydroxyl groups excluding tert-OH is 1. The molecule has 0 saturated heterocycles. The topological polar surface area (TPSA) is 82.1 Å². The molecule has 0 aromatic carbocycles. The van der Waals surface area contributed by atoms with Gasteiger partial charge >= 0.3 is 0 Å². The molecule has 0 aliphatic rings. The van der Waals surface area contributed by atoms with Crippen LogP contribution in [0.2, 0.25) is 0 Å². The molecule has 0 aliphatic heterocycles. The summed E-state index contributed by atoms with van der Waals surface area (Å²) in [5.41, 5.74) is -1.32. The Balaban J connectivity index is 4.87. The van der Waals surface area contributed by atoms with Crippen LogP contribution in [0.15, 0.2) is 0 Å². The summed E-state index contributed by atoms with van der Waals surface area (Å²) < 4.78 is 16.2. The summed E-state index contributed by atoms with van der Waals surface area (Å²) in [5, 5.41) is 9.67. The van der Waals surface area contributed by atoms with Crippen molar-refractivity contribution in [2.75, 3.05) is 13.7 Å². The van der Waals surface area contributed by atoms with E-state index in [9.17, 15) is 14.7 Å². The number of carbonyl (C=O) groups excluding carboxylic acids is 2. The van der Waals surface area contributed by atoms with Gasteiger partial charge in [0.1, 0.15) is 18.3 Å². The predicted octanol–water partition coefficient (Wildman–Crippen LogP) is 0.739. The van der Waals surface area contributed by atoms with E-state index < -0.39 is 29.5 Å². The van der Waals surface area contributed by atoms with Crippen molar-refractivity contribution in [3.8, 4) is 0 Å². The smallest absolute Gasteiger partial charge is 0.151 e. The van der Waals surface area contributed by atoms with Crippen LogP contribution in [0.1, 0.15) is 34.6 Å². The minimum absolute atomic E-state index is 0.00641. The van der Waals surface area contributed by atoms with E-state index in [1.807, 2.05) is 20.8 Å². The Bertz CT molecular complexity index is 307. The highest BCUT2D eigenvalue weighted by Gasteiger charge is 2.35. The second-order valence-electron chi connectivity index (χ2n) is 6.09. The van der Waals surface area contributed by atoms with Gasteiger partial charge < -0.3 is 28.9 Å². The molecule has 0 amide bonds. The monoisotopic (exact) mass is 290 g/mol. The first-order valence-electron chi connectivity index (χ1n) is 6.50. The zero-order chi connectivity index (χ0) is 16.0. The zero-order valence-corrected chi connectivity index (χ0v) is 13.1. The lowest BCUT2D eigenvalue weighted by atomic mass is 10.0. The number of methoxy groups -OCH3 is 1. The Hall–Kier alpha value is -0.820. The third-order valence-corrected chi connectivity index (χ3v) is 2.86. The van der Waals surface area contributed by atoms with Crippen LogP contribution in [-0.2, 0) is 23.8 Å². The summed E-state index contributed by atoms with van der Waals surface area (Å²) in [7, 11) is 1.46. The van der Waals surface area contributed by atoms with Gasteiger partial charge in [-0.2, -0.15) is 0 Å². The highest BCUT2D eigenvalue weighted by molar-refractivity contribution is 5.59. The Morgan fingerprint density at radius 1 is 1.10 bits per heavy atom. The number of rotatable bonds is 9. The van der Waals surface area contributed by atoms with E-state index in [0.29, 0.717) is 12.6 Å².